The summed E-state index contributed by atoms with van der Waals surface area (Å²) in [6, 6.07) is 10.5. The highest BCUT2D eigenvalue weighted by Crippen LogP contribution is 2.44. The van der Waals surface area contributed by atoms with Crippen LogP contribution in [0.3, 0.4) is 0 Å². The second-order valence-corrected chi connectivity index (χ2v) is 9.76. The Bertz CT molecular complexity index is 744. The van der Waals surface area contributed by atoms with E-state index in [0.717, 1.165) is 32.2 Å². The molecule has 5 nitrogen and oxygen atoms in total. The molecule has 158 valence electrons. The zero-order chi connectivity index (χ0) is 20.0. The highest BCUT2D eigenvalue weighted by Gasteiger charge is 2.47. The van der Waals surface area contributed by atoms with Crippen LogP contribution in [0.25, 0.3) is 0 Å². The number of likely N-dealkylation sites (N-methyl/N-ethyl adjacent to an activating group) is 1. The highest BCUT2D eigenvalue weighted by atomic mass is 16.6. The zero-order valence-corrected chi connectivity index (χ0v) is 18.0. The Morgan fingerprint density at radius 2 is 1.79 bits per heavy atom. The van der Waals surface area contributed by atoms with Crippen LogP contribution in [0, 0.1) is 0 Å². The Labute approximate surface area is 175 Å². The van der Waals surface area contributed by atoms with Crippen LogP contribution in [0.2, 0.25) is 0 Å². The number of likely N-dealkylation sites (tertiary alicyclic amines) is 1. The van der Waals surface area contributed by atoms with Gasteiger partial charge < -0.3 is 19.4 Å². The monoisotopic (exact) mass is 397 g/mol. The summed E-state index contributed by atoms with van der Waals surface area (Å²) in [5.41, 5.74) is 3.45. The molecule has 0 saturated carbocycles. The van der Waals surface area contributed by atoms with Crippen molar-refractivity contribution in [1.29, 1.82) is 0 Å². The lowest BCUT2D eigenvalue weighted by Crippen LogP contribution is -2.57. The molecule has 4 heterocycles. The quantitative estimate of drug-likeness (QED) is 0.764. The maximum absolute atomic E-state index is 12.4. The summed E-state index contributed by atoms with van der Waals surface area (Å²) in [6.07, 6.45) is 6.96. The number of carbonyl (C=O) groups is 1. The third-order valence-corrected chi connectivity index (χ3v) is 8.06. The minimum Gasteiger partial charge on any atom is -0.450 e. The number of nitrogens with zero attached hydrogens (tertiary/aromatic N) is 3. The van der Waals surface area contributed by atoms with Gasteiger partial charge in [0.25, 0.3) is 0 Å². The number of piperidine rings is 2. The number of fused-ring (bicyclic) bond motifs is 4. The minimum atomic E-state index is -0.0853. The molecule has 0 radical (unpaired) electrons. The first kappa shape index (κ1) is 19.4. The predicted octanol–water partition coefficient (Wildman–Crippen LogP) is 3.62. The van der Waals surface area contributed by atoms with E-state index >= 15 is 0 Å². The molecule has 0 aliphatic carbocycles. The number of hydrogen-bond acceptors (Lipinski definition) is 4. The number of rotatable bonds is 2. The average Bonchev–Trinajstić information content (AvgIpc) is 2.98. The van der Waals surface area contributed by atoms with Gasteiger partial charge >= 0.3 is 6.09 Å². The van der Waals surface area contributed by atoms with Crippen LogP contribution in [-0.4, -0.2) is 72.2 Å². The average molecular weight is 398 g/mol. The number of amides is 1. The molecule has 4 aliphatic heterocycles. The molecule has 5 heteroatoms. The van der Waals surface area contributed by atoms with Crippen molar-refractivity contribution in [3.05, 3.63) is 35.4 Å². The molecule has 5 rings (SSSR count). The van der Waals surface area contributed by atoms with Crippen LogP contribution in [0.5, 0.6) is 0 Å². The van der Waals surface area contributed by atoms with Gasteiger partial charge in [0.15, 0.2) is 0 Å². The van der Waals surface area contributed by atoms with Gasteiger partial charge in [-0.1, -0.05) is 24.3 Å². The normalized spacial score (nSPS) is 31.7. The Morgan fingerprint density at radius 1 is 1.10 bits per heavy atom. The second kappa shape index (κ2) is 7.59. The van der Waals surface area contributed by atoms with Crippen LogP contribution in [0.4, 0.5) is 4.79 Å². The van der Waals surface area contributed by atoms with Crippen molar-refractivity contribution in [2.45, 2.75) is 75.5 Å². The van der Waals surface area contributed by atoms with E-state index in [-0.39, 0.29) is 6.09 Å². The van der Waals surface area contributed by atoms with E-state index in [0.29, 0.717) is 30.1 Å². The maximum Gasteiger partial charge on any atom is 0.410 e. The molecule has 1 aromatic rings. The summed E-state index contributed by atoms with van der Waals surface area (Å²) >= 11 is 0. The summed E-state index contributed by atoms with van der Waals surface area (Å²) in [7, 11) is 2.27. The fourth-order valence-electron chi connectivity index (χ4n) is 6.81. The number of carbonyl (C=O) groups excluding carboxylic acids is 1. The van der Waals surface area contributed by atoms with Gasteiger partial charge in [-0.15, -0.1) is 0 Å². The number of hydrogen-bond donors (Lipinski definition) is 0. The van der Waals surface area contributed by atoms with Gasteiger partial charge in [0.05, 0.1) is 6.61 Å². The van der Waals surface area contributed by atoms with E-state index < -0.39 is 0 Å². The molecular formula is C24H35N3O2. The molecule has 1 aromatic carbocycles. The predicted molar refractivity (Wildman–Crippen MR) is 114 cm³/mol. The standard InChI is InChI=1S/C24H35N3O2/c1-3-29-23(28)27-19-8-9-20(27)15-21(14-19)26-12-10-24(11-13-26)17-25(2)16-18-6-4-5-7-22(18)24/h4-7,19-21H,3,8-17H2,1-2H3. The summed E-state index contributed by atoms with van der Waals surface area (Å²) in [5, 5.41) is 0. The SMILES string of the molecule is CCOC(=O)N1C2CCC1CC(N1CCC3(CC1)CN(C)Cc1ccccc13)C2. The van der Waals surface area contributed by atoms with Crippen LogP contribution >= 0.6 is 0 Å². The van der Waals surface area contributed by atoms with Gasteiger partial charge in [0.2, 0.25) is 0 Å². The molecule has 2 atom stereocenters. The fourth-order valence-corrected chi connectivity index (χ4v) is 6.81. The topological polar surface area (TPSA) is 36.0 Å². The highest BCUT2D eigenvalue weighted by molar-refractivity contribution is 5.69. The Morgan fingerprint density at radius 3 is 2.48 bits per heavy atom. The van der Waals surface area contributed by atoms with E-state index in [1.54, 1.807) is 5.56 Å². The first-order valence-corrected chi connectivity index (χ1v) is 11.6. The summed E-state index contributed by atoms with van der Waals surface area (Å²) in [4.78, 5) is 19.7. The van der Waals surface area contributed by atoms with Crippen molar-refractivity contribution in [2.75, 3.05) is 33.3 Å². The van der Waals surface area contributed by atoms with E-state index in [1.807, 2.05) is 6.92 Å². The van der Waals surface area contributed by atoms with Crippen molar-refractivity contribution < 1.29 is 9.53 Å². The third kappa shape index (κ3) is 3.36. The number of benzene rings is 1. The molecular weight excluding hydrogens is 362 g/mol. The molecule has 3 saturated heterocycles. The molecule has 0 aromatic heterocycles. The van der Waals surface area contributed by atoms with Gasteiger partial charge in [-0.25, -0.2) is 4.79 Å². The third-order valence-electron chi connectivity index (χ3n) is 8.06. The molecule has 2 bridgehead atoms. The van der Waals surface area contributed by atoms with Gasteiger partial charge in [0, 0.05) is 36.6 Å². The molecule has 29 heavy (non-hydrogen) atoms. The van der Waals surface area contributed by atoms with E-state index in [4.69, 9.17) is 4.74 Å². The van der Waals surface area contributed by atoms with Crippen molar-refractivity contribution in [3.63, 3.8) is 0 Å². The number of ether oxygens (including phenoxy) is 1. The lowest BCUT2D eigenvalue weighted by Gasteiger charge is -2.51. The van der Waals surface area contributed by atoms with Gasteiger partial charge in [-0.2, -0.15) is 0 Å². The Balaban J connectivity index is 1.26. The summed E-state index contributed by atoms with van der Waals surface area (Å²) in [5.74, 6) is 0. The second-order valence-electron chi connectivity index (χ2n) is 9.76. The molecule has 0 N–H and O–H groups in total. The van der Waals surface area contributed by atoms with Gasteiger partial charge in [-0.3, -0.25) is 0 Å². The van der Waals surface area contributed by atoms with Crippen LogP contribution in [-0.2, 0) is 16.7 Å². The zero-order valence-electron chi connectivity index (χ0n) is 18.0. The van der Waals surface area contributed by atoms with E-state index in [9.17, 15) is 4.79 Å². The van der Waals surface area contributed by atoms with Crippen molar-refractivity contribution in [2.24, 2.45) is 0 Å². The summed E-state index contributed by atoms with van der Waals surface area (Å²) in [6.45, 7) is 7.01. The van der Waals surface area contributed by atoms with Gasteiger partial charge in [0.1, 0.15) is 0 Å². The summed E-state index contributed by atoms with van der Waals surface area (Å²) < 4.78 is 5.33. The maximum atomic E-state index is 12.4. The lowest BCUT2D eigenvalue weighted by molar-refractivity contribution is 0.0215. The van der Waals surface area contributed by atoms with Crippen molar-refractivity contribution >= 4 is 6.09 Å². The Kier molecular flexibility index (Phi) is 5.07. The molecule has 1 spiro atoms. The van der Waals surface area contributed by atoms with Crippen molar-refractivity contribution in [3.8, 4) is 0 Å². The smallest absolute Gasteiger partial charge is 0.410 e. The molecule has 4 aliphatic rings. The van der Waals surface area contributed by atoms with Crippen LogP contribution < -0.4 is 0 Å². The Hall–Kier alpha value is -1.59. The van der Waals surface area contributed by atoms with Crippen molar-refractivity contribution in [1.82, 2.24) is 14.7 Å². The van der Waals surface area contributed by atoms with E-state index in [2.05, 4.69) is 46.0 Å². The van der Waals surface area contributed by atoms with Gasteiger partial charge in [-0.05, 0) is 76.7 Å². The van der Waals surface area contributed by atoms with E-state index in [1.165, 1.54) is 38.0 Å². The minimum absolute atomic E-state index is 0.0853. The largest absolute Gasteiger partial charge is 0.450 e. The first-order valence-electron chi connectivity index (χ1n) is 11.6. The fraction of sp³-hybridized carbons (Fsp3) is 0.708. The molecule has 1 amide bonds. The van der Waals surface area contributed by atoms with Crippen LogP contribution in [0.1, 0.15) is 56.6 Å². The lowest BCUT2D eigenvalue weighted by atomic mass is 9.68. The van der Waals surface area contributed by atoms with Crippen LogP contribution in [0.15, 0.2) is 24.3 Å². The first-order chi connectivity index (χ1) is 14.1. The molecule has 3 fully saturated rings. The molecule has 2 unspecified atom stereocenters.